The van der Waals surface area contributed by atoms with Crippen molar-refractivity contribution in [3.8, 4) is 0 Å². The number of nitrogens with one attached hydrogen (secondary N) is 1. The van der Waals surface area contributed by atoms with Gasteiger partial charge in [0.2, 0.25) is 10.0 Å². The van der Waals surface area contributed by atoms with Crippen molar-refractivity contribution in [2.45, 2.75) is 37.5 Å². The monoisotopic (exact) mass is 278 g/mol. The Kier molecular flexibility index (Phi) is 5.49. The fourth-order valence-corrected chi connectivity index (χ4v) is 3.44. The van der Waals surface area contributed by atoms with Gasteiger partial charge in [-0.3, -0.25) is 0 Å². The van der Waals surface area contributed by atoms with Crippen LogP contribution in [-0.2, 0) is 15.9 Å². The number of H-pyrrole nitrogens is 1. The molecule has 98 valence electrons. The molecule has 0 aliphatic rings. The van der Waals surface area contributed by atoms with Crippen molar-refractivity contribution < 1.29 is 8.42 Å². The summed E-state index contributed by atoms with van der Waals surface area (Å²) in [6, 6.07) is 1.60. The Labute approximate surface area is 108 Å². The van der Waals surface area contributed by atoms with Crippen molar-refractivity contribution in [3.63, 3.8) is 0 Å². The first-order valence-corrected chi connectivity index (χ1v) is 7.77. The summed E-state index contributed by atoms with van der Waals surface area (Å²) < 4.78 is 26.1. The van der Waals surface area contributed by atoms with Gasteiger partial charge in [-0.25, -0.2) is 8.42 Å². The number of hydrogen-bond donors (Lipinski definition) is 1. The molecule has 0 saturated heterocycles. The Balaban J connectivity index is 2.98. The van der Waals surface area contributed by atoms with E-state index in [9.17, 15) is 8.42 Å². The van der Waals surface area contributed by atoms with Gasteiger partial charge in [0.15, 0.2) is 0 Å². The molecule has 6 heteroatoms. The maximum atomic E-state index is 12.3. The van der Waals surface area contributed by atoms with Crippen LogP contribution in [0, 0.1) is 0 Å². The zero-order chi connectivity index (χ0) is 12.9. The minimum absolute atomic E-state index is 0.289. The molecule has 0 unspecified atom stereocenters. The predicted molar refractivity (Wildman–Crippen MR) is 69.7 cm³/mol. The SMILES string of the molecule is CCCN(CCC)S(=O)(=O)c1c[nH]c(CCl)c1. The average Bonchev–Trinajstić information content (AvgIpc) is 2.78. The van der Waals surface area contributed by atoms with Crippen molar-refractivity contribution in [2.75, 3.05) is 13.1 Å². The fraction of sp³-hybridized carbons (Fsp3) is 0.636. The molecule has 0 saturated carbocycles. The lowest BCUT2D eigenvalue weighted by Crippen LogP contribution is -2.32. The largest absolute Gasteiger partial charge is 0.363 e. The molecular weight excluding hydrogens is 260 g/mol. The number of hydrogen-bond acceptors (Lipinski definition) is 2. The smallest absolute Gasteiger partial charge is 0.244 e. The zero-order valence-corrected chi connectivity index (χ0v) is 11.8. The average molecular weight is 279 g/mol. The van der Waals surface area contributed by atoms with Crippen molar-refractivity contribution in [3.05, 3.63) is 18.0 Å². The van der Waals surface area contributed by atoms with Gasteiger partial charge >= 0.3 is 0 Å². The van der Waals surface area contributed by atoms with Gasteiger partial charge in [-0.2, -0.15) is 4.31 Å². The lowest BCUT2D eigenvalue weighted by atomic mass is 10.4. The molecular formula is C11H19ClN2O2S. The Morgan fingerprint density at radius 1 is 1.29 bits per heavy atom. The summed E-state index contributed by atoms with van der Waals surface area (Å²) in [7, 11) is -3.37. The maximum absolute atomic E-state index is 12.3. The number of nitrogens with zero attached hydrogens (tertiary/aromatic N) is 1. The van der Waals surface area contributed by atoms with Crippen LogP contribution in [0.4, 0.5) is 0 Å². The standard InChI is InChI=1S/C11H19ClN2O2S/c1-3-5-14(6-4-2)17(15,16)11-7-10(8-12)13-9-11/h7,9,13H,3-6,8H2,1-2H3. The number of sulfonamides is 1. The third kappa shape index (κ3) is 3.47. The van der Waals surface area contributed by atoms with Crippen molar-refractivity contribution in [1.82, 2.24) is 9.29 Å². The van der Waals surface area contributed by atoms with Gasteiger partial charge in [0.1, 0.15) is 0 Å². The highest BCUT2D eigenvalue weighted by atomic mass is 35.5. The van der Waals surface area contributed by atoms with Crippen molar-refractivity contribution in [2.24, 2.45) is 0 Å². The second-order valence-corrected chi connectivity index (χ2v) is 6.10. The Morgan fingerprint density at radius 3 is 2.29 bits per heavy atom. The number of aromatic nitrogens is 1. The molecule has 0 aliphatic carbocycles. The molecule has 0 aliphatic heterocycles. The fourth-order valence-electron chi connectivity index (χ4n) is 1.64. The van der Waals surface area contributed by atoms with Crippen LogP contribution in [-0.4, -0.2) is 30.8 Å². The minimum atomic E-state index is -3.37. The lowest BCUT2D eigenvalue weighted by molar-refractivity contribution is 0.410. The summed E-state index contributed by atoms with van der Waals surface area (Å²) in [5.41, 5.74) is 0.721. The van der Waals surface area contributed by atoms with E-state index < -0.39 is 10.0 Å². The van der Waals surface area contributed by atoms with Gasteiger partial charge < -0.3 is 4.98 Å². The second-order valence-electron chi connectivity index (χ2n) is 3.90. The number of alkyl halides is 1. The summed E-state index contributed by atoms with van der Waals surface area (Å²) in [4.78, 5) is 3.16. The van der Waals surface area contributed by atoms with Gasteiger partial charge in [-0.05, 0) is 18.9 Å². The van der Waals surface area contributed by atoms with Gasteiger partial charge in [-0.15, -0.1) is 11.6 Å². The maximum Gasteiger partial charge on any atom is 0.244 e. The van der Waals surface area contributed by atoms with Crippen LogP contribution in [0.15, 0.2) is 17.2 Å². The van der Waals surface area contributed by atoms with E-state index in [0.717, 1.165) is 18.5 Å². The third-order valence-electron chi connectivity index (χ3n) is 2.44. The van der Waals surface area contributed by atoms with Gasteiger partial charge in [0, 0.05) is 25.0 Å². The molecule has 0 amide bonds. The van der Waals surface area contributed by atoms with E-state index in [2.05, 4.69) is 4.98 Å². The molecule has 1 heterocycles. The number of rotatable bonds is 7. The van der Waals surface area contributed by atoms with E-state index in [1.807, 2.05) is 13.8 Å². The van der Waals surface area contributed by atoms with Gasteiger partial charge in [0.25, 0.3) is 0 Å². The van der Waals surface area contributed by atoms with E-state index >= 15 is 0 Å². The molecule has 4 nitrogen and oxygen atoms in total. The molecule has 1 aromatic rings. The molecule has 1 aromatic heterocycles. The van der Waals surface area contributed by atoms with Crippen LogP contribution in [0.25, 0.3) is 0 Å². The van der Waals surface area contributed by atoms with Crippen molar-refractivity contribution in [1.29, 1.82) is 0 Å². The number of aromatic amines is 1. The molecule has 0 radical (unpaired) electrons. The molecule has 0 spiro atoms. The Hall–Kier alpha value is -0.520. The second kappa shape index (κ2) is 6.42. The molecule has 0 bridgehead atoms. The Bertz CT molecular complexity index is 436. The van der Waals surface area contributed by atoms with Crippen LogP contribution in [0.3, 0.4) is 0 Å². The molecule has 0 atom stereocenters. The first-order chi connectivity index (χ1) is 8.06. The molecule has 0 fully saturated rings. The molecule has 1 N–H and O–H groups in total. The highest BCUT2D eigenvalue weighted by Crippen LogP contribution is 2.18. The summed E-state index contributed by atoms with van der Waals surface area (Å²) in [5, 5.41) is 0. The first kappa shape index (κ1) is 14.5. The van der Waals surface area contributed by atoms with E-state index in [-0.39, 0.29) is 5.88 Å². The van der Waals surface area contributed by atoms with E-state index in [0.29, 0.717) is 18.0 Å². The topological polar surface area (TPSA) is 53.2 Å². The number of halogens is 1. The third-order valence-corrected chi connectivity index (χ3v) is 4.61. The summed E-state index contributed by atoms with van der Waals surface area (Å²) in [5.74, 6) is 0.289. The first-order valence-electron chi connectivity index (χ1n) is 5.79. The van der Waals surface area contributed by atoms with E-state index in [4.69, 9.17) is 11.6 Å². The van der Waals surface area contributed by atoms with Crippen molar-refractivity contribution >= 4 is 21.6 Å². The van der Waals surface area contributed by atoms with Gasteiger partial charge in [-0.1, -0.05) is 13.8 Å². The van der Waals surface area contributed by atoms with Crippen LogP contribution in [0.1, 0.15) is 32.4 Å². The molecule has 1 rings (SSSR count). The predicted octanol–water partition coefficient (Wildman–Crippen LogP) is 2.56. The highest BCUT2D eigenvalue weighted by molar-refractivity contribution is 7.89. The van der Waals surface area contributed by atoms with E-state index in [1.54, 1.807) is 6.07 Å². The highest BCUT2D eigenvalue weighted by Gasteiger charge is 2.23. The van der Waals surface area contributed by atoms with Crippen LogP contribution in [0.2, 0.25) is 0 Å². The van der Waals surface area contributed by atoms with Crippen LogP contribution in [0.5, 0.6) is 0 Å². The quantitative estimate of drug-likeness (QED) is 0.780. The van der Waals surface area contributed by atoms with Crippen LogP contribution < -0.4 is 0 Å². The lowest BCUT2D eigenvalue weighted by Gasteiger charge is -2.19. The van der Waals surface area contributed by atoms with E-state index in [1.165, 1.54) is 10.5 Å². The summed E-state index contributed by atoms with van der Waals surface area (Å²) in [6.07, 6.45) is 3.13. The summed E-state index contributed by atoms with van der Waals surface area (Å²) >= 11 is 5.65. The Morgan fingerprint density at radius 2 is 1.88 bits per heavy atom. The molecule has 0 aromatic carbocycles. The summed E-state index contributed by atoms with van der Waals surface area (Å²) in [6.45, 7) is 5.05. The molecule has 17 heavy (non-hydrogen) atoms. The van der Waals surface area contributed by atoms with Gasteiger partial charge in [0.05, 0.1) is 10.8 Å². The van der Waals surface area contributed by atoms with Crippen LogP contribution >= 0.6 is 11.6 Å². The zero-order valence-electron chi connectivity index (χ0n) is 10.2. The normalized spacial score (nSPS) is 12.2. The minimum Gasteiger partial charge on any atom is -0.363 e.